The minimum atomic E-state index is -0.352. The number of rotatable bonds is 19. The topological polar surface area (TPSA) is 111 Å². The van der Waals surface area contributed by atoms with Crippen LogP contribution in [-0.4, -0.2) is 61.4 Å². The molecule has 33 heavy (non-hydrogen) atoms. The third-order valence-corrected chi connectivity index (χ3v) is 6.04. The van der Waals surface area contributed by atoms with E-state index in [1.54, 1.807) is 0 Å². The Labute approximate surface area is 210 Å². The van der Waals surface area contributed by atoms with Gasteiger partial charge in [0.25, 0.3) is 0 Å². The van der Waals surface area contributed by atoms with Gasteiger partial charge in [0.1, 0.15) is 0 Å². The molecule has 3 amide bonds. The third-order valence-electron chi connectivity index (χ3n) is 5.08. The Morgan fingerprint density at radius 2 is 1.45 bits per heavy atom. The van der Waals surface area contributed by atoms with Gasteiger partial charge in [-0.2, -0.15) is 0 Å². The van der Waals surface area contributed by atoms with Crippen LogP contribution in [0.2, 0.25) is 0 Å². The summed E-state index contributed by atoms with van der Waals surface area (Å²) in [6.07, 6.45) is 3.18. The molecule has 0 bridgehead atoms. The van der Waals surface area contributed by atoms with Crippen LogP contribution in [0.15, 0.2) is 0 Å². The summed E-state index contributed by atoms with van der Waals surface area (Å²) >= 11 is 4.14. The molecule has 1 atom stereocenters. The summed E-state index contributed by atoms with van der Waals surface area (Å²) < 4.78 is 0. The first kappa shape index (κ1) is 32.0. The maximum absolute atomic E-state index is 12.4. The van der Waals surface area contributed by atoms with Crippen LogP contribution in [0.3, 0.4) is 0 Å². The van der Waals surface area contributed by atoms with E-state index in [1.807, 2.05) is 13.8 Å². The van der Waals surface area contributed by atoms with Crippen molar-refractivity contribution in [1.29, 1.82) is 0 Å². The summed E-state index contributed by atoms with van der Waals surface area (Å²) in [4.78, 5) is 36.7. The molecule has 0 saturated heterocycles. The van der Waals surface area contributed by atoms with E-state index in [0.29, 0.717) is 37.8 Å². The van der Waals surface area contributed by atoms with Gasteiger partial charge in [0, 0.05) is 37.2 Å². The van der Waals surface area contributed by atoms with Crippen LogP contribution < -0.4 is 26.6 Å². The standard InChI is InChI=1S/C23H47N5O3S2/c1-17(2)7-11-25-22(31)19(10-14-33-32)24-12-9-20(29)26-16-27-21(30)15-23(5,6)28-13-8-18(3)4/h17-19,24,28,32H,7-16H2,1-6H3,(H,25,31)(H,26,29)(H,27,30). The number of nitrogens with one attached hydrogen (secondary N) is 5. The molecular weight excluding hydrogens is 458 g/mol. The average molecular weight is 506 g/mol. The molecule has 0 fully saturated rings. The van der Waals surface area contributed by atoms with Crippen molar-refractivity contribution >= 4 is 40.2 Å². The highest BCUT2D eigenvalue weighted by atomic mass is 33.1. The minimum Gasteiger partial charge on any atom is -0.355 e. The first-order valence-electron chi connectivity index (χ1n) is 12.0. The molecule has 0 radical (unpaired) electrons. The van der Waals surface area contributed by atoms with Crippen molar-refractivity contribution < 1.29 is 14.4 Å². The lowest BCUT2D eigenvalue weighted by atomic mass is 9.99. The molecule has 0 aliphatic heterocycles. The predicted octanol–water partition coefficient (Wildman–Crippen LogP) is 2.46. The highest BCUT2D eigenvalue weighted by Crippen LogP contribution is 2.10. The maximum atomic E-state index is 12.4. The zero-order chi connectivity index (χ0) is 25.3. The Bertz CT molecular complexity index is 574. The summed E-state index contributed by atoms with van der Waals surface area (Å²) in [5.74, 6) is 1.54. The van der Waals surface area contributed by atoms with Gasteiger partial charge in [0.2, 0.25) is 17.7 Å². The zero-order valence-corrected chi connectivity index (χ0v) is 23.1. The van der Waals surface area contributed by atoms with Gasteiger partial charge in [-0.05, 0) is 51.5 Å². The molecule has 0 aliphatic carbocycles. The second-order valence-corrected chi connectivity index (χ2v) is 11.3. The second kappa shape index (κ2) is 18.4. The Balaban J connectivity index is 4.18. The Morgan fingerprint density at radius 3 is 2.06 bits per heavy atom. The fourth-order valence-electron chi connectivity index (χ4n) is 3.02. The molecule has 0 aromatic heterocycles. The molecule has 0 aliphatic rings. The molecule has 0 aromatic rings. The molecule has 0 spiro atoms. The first-order valence-corrected chi connectivity index (χ1v) is 14.1. The number of hydrogen-bond acceptors (Lipinski definition) is 7. The van der Waals surface area contributed by atoms with Crippen molar-refractivity contribution in [2.75, 3.05) is 32.1 Å². The highest BCUT2D eigenvalue weighted by Gasteiger charge is 2.21. The van der Waals surface area contributed by atoms with E-state index in [0.717, 1.165) is 25.1 Å². The van der Waals surface area contributed by atoms with E-state index in [1.165, 1.54) is 10.8 Å². The van der Waals surface area contributed by atoms with Gasteiger partial charge in [0.15, 0.2) is 0 Å². The van der Waals surface area contributed by atoms with E-state index in [2.05, 4.69) is 65.9 Å². The summed E-state index contributed by atoms with van der Waals surface area (Å²) in [6, 6.07) is -0.352. The molecule has 194 valence electrons. The summed E-state index contributed by atoms with van der Waals surface area (Å²) in [5.41, 5.74) is -0.303. The van der Waals surface area contributed by atoms with E-state index < -0.39 is 0 Å². The lowest BCUT2D eigenvalue weighted by molar-refractivity contribution is -0.125. The fraction of sp³-hybridized carbons (Fsp3) is 0.870. The Hall–Kier alpha value is -0.970. The van der Waals surface area contributed by atoms with Gasteiger partial charge in [-0.3, -0.25) is 14.4 Å². The molecular formula is C23H47N5O3S2. The number of carbonyl (C=O) groups is 3. The van der Waals surface area contributed by atoms with Crippen LogP contribution in [0.4, 0.5) is 0 Å². The smallest absolute Gasteiger partial charge is 0.237 e. The zero-order valence-electron chi connectivity index (χ0n) is 21.4. The van der Waals surface area contributed by atoms with Gasteiger partial charge >= 0.3 is 0 Å². The molecule has 5 N–H and O–H groups in total. The molecule has 0 aromatic carbocycles. The van der Waals surface area contributed by atoms with Crippen molar-refractivity contribution in [2.24, 2.45) is 11.8 Å². The third kappa shape index (κ3) is 19.1. The number of amides is 3. The lowest BCUT2D eigenvalue weighted by Crippen LogP contribution is -2.47. The lowest BCUT2D eigenvalue weighted by Gasteiger charge is -2.26. The Kier molecular flexibility index (Phi) is 17.8. The second-order valence-electron chi connectivity index (χ2n) is 9.90. The fourth-order valence-corrected chi connectivity index (χ4v) is 3.68. The van der Waals surface area contributed by atoms with Crippen molar-refractivity contribution in [1.82, 2.24) is 26.6 Å². The van der Waals surface area contributed by atoms with Crippen LogP contribution in [0.25, 0.3) is 0 Å². The van der Waals surface area contributed by atoms with Gasteiger partial charge in [-0.15, -0.1) is 11.7 Å². The van der Waals surface area contributed by atoms with E-state index in [9.17, 15) is 14.4 Å². The normalized spacial score (nSPS) is 12.6. The largest absolute Gasteiger partial charge is 0.355 e. The summed E-state index contributed by atoms with van der Waals surface area (Å²) in [7, 11) is 1.39. The summed E-state index contributed by atoms with van der Waals surface area (Å²) in [5, 5.41) is 15.0. The number of thiol groups is 1. The molecule has 1 unspecified atom stereocenters. The van der Waals surface area contributed by atoms with Crippen molar-refractivity contribution in [2.45, 2.75) is 85.2 Å². The molecule has 0 rings (SSSR count). The molecule has 8 nitrogen and oxygen atoms in total. The number of carbonyl (C=O) groups excluding carboxylic acids is 3. The van der Waals surface area contributed by atoms with Gasteiger partial charge in [0.05, 0.1) is 12.7 Å². The van der Waals surface area contributed by atoms with E-state index >= 15 is 0 Å². The SMILES string of the molecule is CC(C)CCNC(=O)C(CCSS)NCCC(=O)NCNC(=O)CC(C)(C)NCCC(C)C. The maximum Gasteiger partial charge on any atom is 0.237 e. The van der Waals surface area contributed by atoms with Crippen LogP contribution in [0.5, 0.6) is 0 Å². The highest BCUT2D eigenvalue weighted by molar-refractivity contribution is 8.68. The van der Waals surface area contributed by atoms with Crippen LogP contribution in [0, 0.1) is 11.8 Å². The molecule has 10 heteroatoms. The molecule has 0 heterocycles. The van der Waals surface area contributed by atoms with Gasteiger partial charge in [-0.1, -0.05) is 38.5 Å². The predicted molar refractivity (Wildman–Crippen MR) is 142 cm³/mol. The van der Waals surface area contributed by atoms with Crippen LogP contribution in [0.1, 0.15) is 73.6 Å². The minimum absolute atomic E-state index is 0.0460. The summed E-state index contributed by atoms with van der Waals surface area (Å²) in [6.45, 7) is 14.6. The monoisotopic (exact) mass is 505 g/mol. The average Bonchev–Trinajstić information content (AvgIpc) is 2.69. The van der Waals surface area contributed by atoms with Gasteiger partial charge < -0.3 is 26.6 Å². The van der Waals surface area contributed by atoms with Crippen molar-refractivity contribution in [3.8, 4) is 0 Å². The van der Waals surface area contributed by atoms with Crippen LogP contribution >= 0.6 is 22.5 Å². The van der Waals surface area contributed by atoms with E-state index in [-0.39, 0.29) is 42.4 Å². The Morgan fingerprint density at radius 1 is 0.848 bits per heavy atom. The first-order chi connectivity index (χ1) is 15.5. The van der Waals surface area contributed by atoms with E-state index in [4.69, 9.17) is 0 Å². The van der Waals surface area contributed by atoms with Crippen LogP contribution in [-0.2, 0) is 14.4 Å². The van der Waals surface area contributed by atoms with Crippen molar-refractivity contribution in [3.63, 3.8) is 0 Å². The number of hydrogen-bond donors (Lipinski definition) is 6. The molecule has 0 saturated carbocycles. The van der Waals surface area contributed by atoms with Gasteiger partial charge in [-0.25, -0.2) is 0 Å². The van der Waals surface area contributed by atoms with Crippen molar-refractivity contribution in [3.05, 3.63) is 0 Å². The quantitative estimate of drug-likeness (QED) is 0.0914.